The minimum atomic E-state index is -1.00. The lowest BCUT2D eigenvalue weighted by Crippen LogP contribution is -2.31. The van der Waals surface area contributed by atoms with E-state index in [-0.39, 0.29) is 11.6 Å². The second-order valence-electron chi connectivity index (χ2n) is 5.17. The molecule has 1 amide bonds. The first-order valence-corrected chi connectivity index (χ1v) is 8.22. The van der Waals surface area contributed by atoms with Gasteiger partial charge in [-0.3, -0.25) is 4.79 Å². The number of hydrogen-bond donors (Lipinski definition) is 0. The molecule has 2 aromatic carbocycles. The molecule has 2 rings (SSSR count). The van der Waals surface area contributed by atoms with E-state index < -0.39 is 29.9 Å². The third-order valence-electron chi connectivity index (χ3n) is 3.32. The molecule has 8 heteroatoms. The van der Waals surface area contributed by atoms with E-state index in [1.807, 2.05) is 0 Å². The Balaban J connectivity index is 1.95. The van der Waals surface area contributed by atoms with E-state index in [2.05, 4.69) is 0 Å². The minimum absolute atomic E-state index is 0.0818. The Hall–Kier alpha value is -1.82. The number of halogens is 4. The molecule has 0 saturated carbocycles. The third-order valence-corrected chi connectivity index (χ3v) is 4.38. The minimum Gasteiger partial charge on any atom is -0.452 e. The number of likely N-dealkylation sites (N-methyl/N-ethyl adjacent to an activating group) is 1. The summed E-state index contributed by atoms with van der Waals surface area (Å²) in [6, 6.07) is 8.80. The fourth-order valence-electron chi connectivity index (χ4n) is 2.00. The molecule has 0 unspecified atom stereocenters. The van der Waals surface area contributed by atoms with Gasteiger partial charge in [0.1, 0.15) is 11.4 Å². The number of rotatable bonds is 5. The molecular formula is C17H13Cl3FNO3. The molecular weight excluding hydrogens is 392 g/mol. The van der Waals surface area contributed by atoms with Gasteiger partial charge in [0.2, 0.25) is 0 Å². The molecule has 0 N–H and O–H groups in total. The highest BCUT2D eigenvalue weighted by molar-refractivity contribution is 6.42. The van der Waals surface area contributed by atoms with Gasteiger partial charge in [-0.05, 0) is 29.8 Å². The molecule has 0 bridgehead atoms. The average Bonchev–Trinajstić information content (AvgIpc) is 2.55. The van der Waals surface area contributed by atoms with E-state index in [9.17, 15) is 14.0 Å². The molecule has 0 saturated heterocycles. The van der Waals surface area contributed by atoms with Crippen molar-refractivity contribution in [3.05, 3.63) is 68.4 Å². The van der Waals surface area contributed by atoms with Crippen LogP contribution in [0.2, 0.25) is 15.1 Å². The highest BCUT2D eigenvalue weighted by atomic mass is 35.5. The number of ether oxygens (including phenoxy) is 1. The topological polar surface area (TPSA) is 46.6 Å². The van der Waals surface area contributed by atoms with Crippen LogP contribution in [0.1, 0.15) is 15.9 Å². The van der Waals surface area contributed by atoms with Crippen molar-refractivity contribution >= 4 is 46.7 Å². The van der Waals surface area contributed by atoms with Crippen LogP contribution >= 0.6 is 34.8 Å². The van der Waals surface area contributed by atoms with Crippen molar-refractivity contribution in [2.24, 2.45) is 0 Å². The third kappa shape index (κ3) is 5.08. The zero-order valence-corrected chi connectivity index (χ0v) is 15.3. The molecule has 0 aliphatic rings. The molecule has 2 aromatic rings. The summed E-state index contributed by atoms with van der Waals surface area (Å²) in [6.07, 6.45) is 0. The van der Waals surface area contributed by atoms with Crippen LogP contribution in [0, 0.1) is 5.82 Å². The number of nitrogens with zero attached hydrogens (tertiary/aromatic N) is 1. The van der Waals surface area contributed by atoms with Gasteiger partial charge >= 0.3 is 5.97 Å². The lowest BCUT2D eigenvalue weighted by molar-refractivity contribution is -0.133. The second-order valence-corrected chi connectivity index (χ2v) is 6.39. The second kappa shape index (κ2) is 8.52. The number of hydrogen-bond acceptors (Lipinski definition) is 3. The summed E-state index contributed by atoms with van der Waals surface area (Å²) in [5, 5.41) is 0.706. The van der Waals surface area contributed by atoms with Crippen molar-refractivity contribution in [2.45, 2.75) is 6.54 Å². The Morgan fingerprint density at radius 1 is 1.08 bits per heavy atom. The zero-order valence-electron chi connectivity index (χ0n) is 13.1. The highest BCUT2D eigenvalue weighted by Gasteiger charge is 2.19. The summed E-state index contributed by atoms with van der Waals surface area (Å²) in [5.41, 5.74) is 0.359. The summed E-state index contributed by atoms with van der Waals surface area (Å²) < 4.78 is 18.5. The summed E-state index contributed by atoms with van der Waals surface area (Å²) in [7, 11) is 1.54. The maximum absolute atomic E-state index is 13.6. The van der Waals surface area contributed by atoms with Crippen molar-refractivity contribution in [2.75, 3.05) is 13.7 Å². The smallest absolute Gasteiger partial charge is 0.343 e. The molecule has 0 aromatic heterocycles. The van der Waals surface area contributed by atoms with E-state index in [0.29, 0.717) is 10.0 Å². The Morgan fingerprint density at radius 2 is 1.80 bits per heavy atom. The number of amides is 1. The van der Waals surface area contributed by atoms with Crippen LogP contribution < -0.4 is 0 Å². The Morgan fingerprint density at radius 3 is 2.44 bits per heavy atom. The van der Waals surface area contributed by atoms with Crippen LogP contribution in [0.25, 0.3) is 0 Å². The molecule has 132 valence electrons. The van der Waals surface area contributed by atoms with Crippen LogP contribution in [0.4, 0.5) is 4.39 Å². The van der Waals surface area contributed by atoms with Crippen LogP contribution in [-0.4, -0.2) is 30.4 Å². The van der Waals surface area contributed by atoms with Crippen molar-refractivity contribution in [3.8, 4) is 0 Å². The van der Waals surface area contributed by atoms with Gasteiger partial charge < -0.3 is 9.64 Å². The monoisotopic (exact) mass is 403 g/mol. The summed E-state index contributed by atoms with van der Waals surface area (Å²) in [4.78, 5) is 25.3. The van der Waals surface area contributed by atoms with Crippen LogP contribution in [0.15, 0.2) is 36.4 Å². The average molecular weight is 405 g/mol. The molecule has 0 heterocycles. The van der Waals surface area contributed by atoms with Gasteiger partial charge in [-0.15, -0.1) is 0 Å². The first-order chi connectivity index (χ1) is 11.8. The van der Waals surface area contributed by atoms with Crippen molar-refractivity contribution in [1.82, 2.24) is 4.90 Å². The molecule has 0 aliphatic carbocycles. The van der Waals surface area contributed by atoms with Crippen molar-refractivity contribution < 1.29 is 18.7 Å². The first-order valence-electron chi connectivity index (χ1n) is 7.08. The predicted molar refractivity (Wildman–Crippen MR) is 94.6 cm³/mol. The Labute approximate surface area is 159 Å². The number of esters is 1. The number of benzene rings is 2. The van der Waals surface area contributed by atoms with Gasteiger partial charge in [-0.1, -0.05) is 46.9 Å². The van der Waals surface area contributed by atoms with Crippen LogP contribution in [0.5, 0.6) is 0 Å². The number of carbonyl (C=O) groups excluding carboxylic acids is 2. The van der Waals surface area contributed by atoms with E-state index in [4.69, 9.17) is 39.5 Å². The highest BCUT2D eigenvalue weighted by Crippen LogP contribution is 2.23. The van der Waals surface area contributed by atoms with E-state index in [0.717, 1.165) is 11.6 Å². The van der Waals surface area contributed by atoms with Gasteiger partial charge in [0.05, 0.1) is 15.1 Å². The van der Waals surface area contributed by atoms with Gasteiger partial charge in [-0.2, -0.15) is 0 Å². The largest absolute Gasteiger partial charge is 0.452 e. The van der Waals surface area contributed by atoms with E-state index in [1.165, 1.54) is 24.1 Å². The Kier molecular flexibility index (Phi) is 6.64. The Bertz CT molecular complexity index is 793. The van der Waals surface area contributed by atoms with Crippen LogP contribution in [0.3, 0.4) is 0 Å². The van der Waals surface area contributed by atoms with Gasteiger partial charge in [-0.25, -0.2) is 9.18 Å². The molecule has 4 nitrogen and oxygen atoms in total. The SMILES string of the molecule is CN(Cc1ccc(Cl)c(Cl)c1)C(=O)COC(=O)c1c(F)cccc1Cl. The fraction of sp³-hybridized carbons (Fsp3) is 0.176. The maximum Gasteiger partial charge on any atom is 0.343 e. The van der Waals surface area contributed by atoms with E-state index in [1.54, 1.807) is 18.2 Å². The lowest BCUT2D eigenvalue weighted by atomic mass is 10.2. The maximum atomic E-state index is 13.6. The molecule has 0 radical (unpaired) electrons. The van der Waals surface area contributed by atoms with Gasteiger partial charge in [0.25, 0.3) is 5.91 Å². The quantitative estimate of drug-likeness (QED) is 0.684. The van der Waals surface area contributed by atoms with E-state index >= 15 is 0 Å². The van der Waals surface area contributed by atoms with Crippen molar-refractivity contribution in [1.29, 1.82) is 0 Å². The first kappa shape index (κ1) is 19.5. The fourth-order valence-corrected chi connectivity index (χ4v) is 2.56. The lowest BCUT2D eigenvalue weighted by Gasteiger charge is -2.17. The van der Waals surface area contributed by atoms with Gasteiger partial charge in [0.15, 0.2) is 6.61 Å². The molecule has 25 heavy (non-hydrogen) atoms. The molecule has 0 atom stereocenters. The molecule has 0 aliphatic heterocycles. The molecule has 0 fully saturated rings. The standard InChI is InChI=1S/C17H13Cl3FNO3/c1-22(8-10-5-6-11(18)13(20)7-10)15(23)9-25-17(24)16-12(19)3-2-4-14(16)21/h2-7H,8-9H2,1H3. The zero-order chi connectivity index (χ0) is 18.6. The summed E-state index contributed by atoms with van der Waals surface area (Å²) in [6.45, 7) is -0.297. The number of carbonyl (C=O) groups is 2. The normalized spacial score (nSPS) is 10.4. The van der Waals surface area contributed by atoms with Crippen LogP contribution in [-0.2, 0) is 16.1 Å². The summed E-state index contributed by atoms with van der Waals surface area (Å²) >= 11 is 17.5. The predicted octanol–water partition coefficient (Wildman–Crippen LogP) is 4.60. The van der Waals surface area contributed by atoms with Gasteiger partial charge in [0, 0.05) is 13.6 Å². The molecule has 0 spiro atoms. The van der Waals surface area contributed by atoms with Crippen molar-refractivity contribution in [3.63, 3.8) is 0 Å². The summed E-state index contributed by atoms with van der Waals surface area (Å²) in [5.74, 6) is -2.28.